The maximum atomic E-state index is 12.3. The third-order valence-corrected chi connectivity index (χ3v) is 4.09. The number of rotatable bonds is 4. The SMILES string of the molecule is Cc1nccc(CNC(=O)c2ccc(-c3ccsc3)nc2C)n1. The summed E-state index contributed by atoms with van der Waals surface area (Å²) >= 11 is 1.63. The van der Waals surface area contributed by atoms with Crippen LogP contribution in [0.3, 0.4) is 0 Å². The first-order valence-corrected chi connectivity index (χ1v) is 8.15. The van der Waals surface area contributed by atoms with Gasteiger partial charge in [0.25, 0.3) is 5.91 Å². The molecule has 0 atom stereocenters. The van der Waals surface area contributed by atoms with Crippen LogP contribution in [0.5, 0.6) is 0 Å². The standard InChI is InChI=1S/C17H16N4OS/c1-11-15(3-4-16(20-11)13-6-8-23-10-13)17(22)19-9-14-5-7-18-12(2)21-14/h3-8,10H,9H2,1-2H3,(H,19,22). The number of aromatic nitrogens is 3. The zero-order chi connectivity index (χ0) is 16.2. The first-order chi connectivity index (χ1) is 11.1. The summed E-state index contributed by atoms with van der Waals surface area (Å²) in [5.74, 6) is 0.540. The van der Waals surface area contributed by atoms with Gasteiger partial charge in [0.2, 0.25) is 0 Å². The van der Waals surface area contributed by atoms with Gasteiger partial charge in [0.05, 0.1) is 29.2 Å². The minimum atomic E-state index is -0.150. The molecule has 1 N–H and O–H groups in total. The second-order valence-corrected chi connectivity index (χ2v) is 5.90. The lowest BCUT2D eigenvalue weighted by Crippen LogP contribution is -2.24. The van der Waals surface area contributed by atoms with Crippen molar-refractivity contribution in [2.75, 3.05) is 0 Å². The number of hydrogen-bond donors (Lipinski definition) is 1. The molecule has 6 heteroatoms. The van der Waals surface area contributed by atoms with E-state index < -0.39 is 0 Å². The van der Waals surface area contributed by atoms with E-state index in [1.807, 2.05) is 42.8 Å². The number of carbonyl (C=O) groups is 1. The highest BCUT2D eigenvalue weighted by atomic mass is 32.1. The number of pyridine rings is 1. The first kappa shape index (κ1) is 15.3. The van der Waals surface area contributed by atoms with Crippen molar-refractivity contribution in [1.82, 2.24) is 20.3 Å². The lowest BCUT2D eigenvalue weighted by Gasteiger charge is -2.08. The van der Waals surface area contributed by atoms with Gasteiger partial charge in [0.15, 0.2) is 0 Å². The fourth-order valence-electron chi connectivity index (χ4n) is 2.24. The molecule has 0 saturated carbocycles. The molecule has 0 saturated heterocycles. The van der Waals surface area contributed by atoms with Crippen molar-refractivity contribution in [3.8, 4) is 11.3 Å². The number of amides is 1. The van der Waals surface area contributed by atoms with Gasteiger partial charge in [-0.3, -0.25) is 9.78 Å². The van der Waals surface area contributed by atoms with Gasteiger partial charge in [-0.05, 0) is 43.5 Å². The zero-order valence-corrected chi connectivity index (χ0v) is 13.7. The van der Waals surface area contributed by atoms with Crippen LogP contribution in [0.4, 0.5) is 0 Å². The molecule has 1 amide bonds. The fourth-order valence-corrected chi connectivity index (χ4v) is 2.89. The van der Waals surface area contributed by atoms with Gasteiger partial charge in [0.1, 0.15) is 5.82 Å². The van der Waals surface area contributed by atoms with Gasteiger partial charge in [-0.2, -0.15) is 11.3 Å². The zero-order valence-electron chi connectivity index (χ0n) is 12.9. The van der Waals surface area contributed by atoms with Crippen LogP contribution in [0.25, 0.3) is 11.3 Å². The summed E-state index contributed by atoms with van der Waals surface area (Å²) in [5, 5.41) is 6.92. The highest BCUT2D eigenvalue weighted by Crippen LogP contribution is 2.21. The molecule has 0 bridgehead atoms. The van der Waals surface area contributed by atoms with Crippen molar-refractivity contribution < 1.29 is 4.79 Å². The lowest BCUT2D eigenvalue weighted by molar-refractivity contribution is 0.0949. The molecule has 0 spiro atoms. The van der Waals surface area contributed by atoms with Crippen LogP contribution in [0.2, 0.25) is 0 Å². The summed E-state index contributed by atoms with van der Waals surface area (Å²) in [6.45, 7) is 4.04. The highest BCUT2D eigenvalue weighted by molar-refractivity contribution is 7.08. The number of thiophene rings is 1. The average Bonchev–Trinajstić information content (AvgIpc) is 3.07. The molecule has 0 radical (unpaired) electrons. The van der Waals surface area contributed by atoms with Gasteiger partial charge in [0, 0.05) is 17.1 Å². The maximum Gasteiger partial charge on any atom is 0.253 e. The van der Waals surface area contributed by atoms with E-state index in [-0.39, 0.29) is 5.91 Å². The molecule has 0 aliphatic carbocycles. The summed E-state index contributed by atoms with van der Waals surface area (Å²) < 4.78 is 0. The Hall–Kier alpha value is -2.60. The van der Waals surface area contributed by atoms with Crippen LogP contribution in [0, 0.1) is 13.8 Å². The summed E-state index contributed by atoms with van der Waals surface area (Å²) in [6, 6.07) is 7.50. The smallest absolute Gasteiger partial charge is 0.253 e. The monoisotopic (exact) mass is 324 g/mol. The third kappa shape index (κ3) is 3.60. The Labute approximate surface area is 138 Å². The predicted molar refractivity (Wildman–Crippen MR) is 90.2 cm³/mol. The molecule has 3 rings (SSSR count). The van der Waals surface area contributed by atoms with Crippen molar-refractivity contribution in [2.24, 2.45) is 0 Å². The van der Waals surface area contributed by atoms with Crippen LogP contribution in [0.1, 0.15) is 27.6 Å². The maximum absolute atomic E-state index is 12.3. The van der Waals surface area contributed by atoms with Crippen molar-refractivity contribution in [2.45, 2.75) is 20.4 Å². The summed E-state index contributed by atoms with van der Waals surface area (Å²) in [4.78, 5) is 25.2. The van der Waals surface area contributed by atoms with Gasteiger partial charge in [-0.15, -0.1) is 0 Å². The van der Waals surface area contributed by atoms with Gasteiger partial charge in [-0.1, -0.05) is 0 Å². The van der Waals surface area contributed by atoms with Gasteiger partial charge in [-0.25, -0.2) is 9.97 Å². The molecule has 3 aromatic heterocycles. The summed E-state index contributed by atoms with van der Waals surface area (Å²) in [5.41, 5.74) is 4.03. The van der Waals surface area contributed by atoms with E-state index in [1.165, 1.54) is 0 Å². The van der Waals surface area contributed by atoms with Crippen LogP contribution in [0.15, 0.2) is 41.2 Å². The number of aryl methyl sites for hydroxylation is 2. The van der Waals surface area contributed by atoms with Crippen LogP contribution < -0.4 is 5.32 Å². The number of hydrogen-bond acceptors (Lipinski definition) is 5. The Morgan fingerprint density at radius 2 is 2.04 bits per heavy atom. The minimum Gasteiger partial charge on any atom is -0.346 e. The largest absolute Gasteiger partial charge is 0.346 e. The van der Waals surface area contributed by atoms with Crippen molar-refractivity contribution in [3.63, 3.8) is 0 Å². The van der Waals surface area contributed by atoms with Crippen molar-refractivity contribution in [1.29, 1.82) is 0 Å². The third-order valence-electron chi connectivity index (χ3n) is 3.41. The van der Waals surface area contributed by atoms with Crippen molar-refractivity contribution >= 4 is 17.2 Å². The Morgan fingerprint density at radius 1 is 1.17 bits per heavy atom. The minimum absolute atomic E-state index is 0.150. The molecule has 0 aliphatic rings. The lowest BCUT2D eigenvalue weighted by atomic mass is 10.1. The molecule has 0 unspecified atom stereocenters. The average molecular weight is 324 g/mol. The van der Waals surface area contributed by atoms with E-state index in [0.717, 1.165) is 17.0 Å². The molecule has 23 heavy (non-hydrogen) atoms. The number of nitrogens with one attached hydrogen (secondary N) is 1. The Morgan fingerprint density at radius 3 is 2.74 bits per heavy atom. The molecular weight excluding hydrogens is 308 g/mol. The first-order valence-electron chi connectivity index (χ1n) is 7.20. The second-order valence-electron chi connectivity index (χ2n) is 5.12. The predicted octanol–water partition coefficient (Wildman–Crippen LogP) is 3.15. The Bertz CT molecular complexity index is 830. The summed E-state index contributed by atoms with van der Waals surface area (Å²) in [6.07, 6.45) is 1.69. The van der Waals surface area contributed by atoms with Crippen LogP contribution in [-0.2, 0) is 6.54 Å². The highest BCUT2D eigenvalue weighted by Gasteiger charge is 2.11. The number of nitrogens with zero attached hydrogens (tertiary/aromatic N) is 3. The second kappa shape index (κ2) is 6.66. The molecule has 0 aromatic carbocycles. The van der Waals surface area contributed by atoms with E-state index in [2.05, 4.69) is 20.3 Å². The Balaban J connectivity index is 1.72. The van der Waals surface area contributed by atoms with Crippen LogP contribution in [-0.4, -0.2) is 20.9 Å². The number of carbonyl (C=O) groups excluding carboxylic acids is 1. The molecule has 116 valence electrons. The molecule has 3 aromatic rings. The summed E-state index contributed by atoms with van der Waals surface area (Å²) in [7, 11) is 0. The molecular formula is C17H16N4OS. The van der Waals surface area contributed by atoms with Crippen molar-refractivity contribution in [3.05, 3.63) is 64.0 Å². The Kier molecular flexibility index (Phi) is 4.43. The molecule has 0 aliphatic heterocycles. The molecule has 5 nitrogen and oxygen atoms in total. The van der Waals surface area contributed by atoms with Gasteiger partial charge >= 0.3 is 0 Å². The van der Waals surface area contributed by atoms with E-state index in [0.29, 0.717) is 23.6 Å². The topological polar surface area (TPSA) is 67.8 Å². The van der Waals surface area contributed by atoms with E-state index in [9.17, 15) is 4.79 Å². The molecule has 0 fully saturated rings. The molecule has 3 heterocycles. The van der Waals surface area contributed by atoms with E-state index in [4.69, 9.17) is 0 Å². The van der Waals surface area contributed by atoms with E-state index >= 15 is 0 Å². The normalized spacial score (nSPS) is 10.5. The van der Waals surface area contributed by atoms with Crippen LogP contribution >= 0.6 is 11.3 Å². The quantitative estimate of drug-likeness (QED) is 0.800. The van der Waals surface area contributed by atoms with Gasteiger partial charge < -0.3 is 5.32 Å². The fraction of sp³-hybridized carbons (Fsp3) is 0.176. The van der Waals surface area contributed by atoms with E-state index in [1.54, 1.807) is 23.6 Å².